The van der Waals surface area contributed by atoms with Crippen LogP contribution in [0.15, 0.2) is 29.6 Å². The Morgan fingerprint density at radius 3 is 3.05 bits per heavy atom. The summed E-state index contributed by atoms with van der Waals surface area (Å²) in [5.41, 5.74) is 1.23. The number of hydrogen-bond donors (Lipinski definition) is 2. The zero-order chi connectivity index (χ0) is 14.5. The third kappa shape index (κ3) is 3.13. The summed E-state index contributed by atoms with van der Waals surface area (Å²) >= 11 is 1.50. The normalized spacial score (nSPS) is 12.6. The fraction of sp³-hybridized carbons (Fsp3) is 0.429. The molecule has 0 aliphatic rings. The Balaban J connectivity index is 2.14. The highest BCUT2D eigenvalue weighted by Crippen LogP contribution is 2.19. The van der Waals surface area contributed by atoms with Gasteiger partial charge in [0.15, 0.2) is 10.9 Å². The average Bonchev–Trinajstić information content (AvgIpc) is 2.85. The second-order valence-electron chi connectivity index (χ2n) is 4.51. The van der Waals surface area contributed by atoms with E-state index in [1.54, 1.807) is 0 Å². The molecule has 0 aliphatic carbocycles. The molecule has 0 fully saturated rings. The number of aliphatic hydroxyl groups excluding tert-OH is 1. The van der Waals surface area contributed by atoms with Crippen molar-refractivity contribution in [2.24, 2.45) is 0 Å². The van der Waals surface area contributed by atoms with Crippen LogP contribution in [0.4, 0.5) is 0 Å². The van der Waals surface area contributed by atoms with Crippen molar-refractivity contribution < 1.29 is 9.90 Å². The molecule has 1 unspecified atom stereocenters. The molecule has 0 radical (unpaired) electrons. The van der Waals surface area contributed by atoms with Crippen molar-refractivity contribution in [3.05, 3.63) is 30.1 Å². The predicted molar refractivity (Wildman–Crippen MR) is 80.2 cm³/mol. The van der Waals surface area contributed by atoms with Crippen molar-refractivity contribution in [1.29, 1.82) is 0 Å². The van der Waals surface area contributed by atoms with E-state index in [-0.39, 0.29) is 12.0 Å². The second-order valence-corrected chi connectivity index (χ2v) is 5.28. The molecule has 0 aliphatic heterocycles. The Hall–Kier alpha value is -1.53. The van der Waals surface area contributed by atoms with Gasteiger partial charge >= 0.3 is 0 Å². The lowest BCUT2D eigenvalue weighted by Crippen LogP contribution is -2.27. The quantitative estimate of drug-likeness (QED) is 0.799. The number of pyridine rings is 1. The number of amides is 1. The molecule has 5 nitrogen and oxygen atoms in total. The van der Waals surface area contributed by atoms with Gasteiger partial charge in [0.2, 0.25) is 0 Å². The molecular formula is C14H19N3O2S. The highest BCUT2D eigenvalue weighted by molar-refractivity contribution is 7.98. The number of carbonyl (C=O) groups excluding carboxylic acids is 1. The van der Waals surface area contributed by atoms with Crippen molar-refractivity contribution in [1.82, 2.24) is 14.7 Å². The molecule has 6 heteroatoms. The largest absolute Gasteiger partial charge is 0.393 e. The first-order valence-electron chi connectivity index (χ1n) is 6.64. The molecule has 0 saturated heterocycles. The molecule has 20 heavy (non-hydrogen) atoms. The second kappa shape index (κ2) is 6.76. The first kappa shape index (κ1) is 14.9. The Bertz CT molecular complexity index is 597. The molecule has 0 saturated carbocycles. The van der Waals surface area contributed by atoms with Crippen LogP contribution in [0, 0.1) is 0 Å². The van der Waals surface area contributed by atoms with Crippen molar-refractivity contribution in [2.75, 3.05) is 12.8 Å². The van der Waals surface area contributed by atoms with Gasteiger partial charge in [-0.2, -0.15) is 0 Å². The van der Waals surface area contributed by atoms with E-state index in [0.29, 0.717) is 25.1 Å². The fourth-order valence-electron chi connectivity index (χ4n) is 1.96. The van der Waals surface area contributed by atoms with E-state index < -0.39 is 0 Å². The van der Waals surface area contributed by atoms with Crippen LogP contribution in [0.1, 0.15) is 30.3 Å². The number of aromatic nitrogens is 2. The number of hydrogen-bond acceptors (Lipinski definition) is 4. The number of rotatable bonds is 6. The Morgan fingerprint density at radius 1 is 1.55 bits per heavy atom. The van der Waals surface area contributed by atoms with Gasteiger partial charge in [-0.25, -0.2) is 4.98 Å². The third-order valence-electron chi connectivity index (χ3n) is 3.15. The molecule has 1 amide bonds. The monoisotopic (exact) mass is 293 g/mol. The van der Waals surface area contributed by atoms with Gasteiger partial charge < -0.3 is 10.4 Å². The standard InChI is InChI=1S/C14H19N3O2S/c1-3-10(18)7-8-15-13(19)12-11-6-4-5-9-17(11)14(16-12)20-2/h4-6,9-10,18H,3,7-8H2,1-2H3,(H,15,19). The maximum Gasteiger partial charge on any atom is 0.272 e. The zero-order valence-corrected chi connectivity index (χ0v) is 12.5. The number of nitrogens with one attached hydrogen (secondary N) is 1. The summed E-state index contributed by atoms with van der Waals surface area (Å²) in [4.78, 5) is 16.6. The van der Waals surface area contributed by atoms with Gasteiger partial charge in [-0.3, -0.25) is 9.20 Å². The average molecular weight is 293 g/mol. The fourth-order valence-corrected chi connectivity index (χ4v) is 2.50. The number of fused-ring (bicyclic) bond motifs is 1. The Kier molecular flexibility index (Phi) is 5.03. The van der Waals surface area contributed by atoms with E-state index in [0.717, 1.165) is 10.7 Å². The number of aliphatic hydroxyl groups is 1. The van der Waals surface area contributed by atoms with Crippen molar-refractivity contribution in [3.8, 4) is 0 Å². The number of thioether (sulfide) groups is 1. The van der Waals surface area contributed by atoms with Crippen molar-refractivity contribution in [2.45, 2.75) is 31.0 Å². The first-order valence-corrected chi connectivity index (χ1v) is 7.87. The SMILES string of the molecule is CCC(O)CCNC(=O)c1nc(SC)n2ccccc12. The molecule has 2 heterocycles. The lowest BCUT2D eigenvalue weighted by atomic mass is 10.2. The summed E-state index contributed by atoms with van der Waals surface area (Å²) in [6, 6.07) is 5.68. The van der Waals surface area contributed by atoms with Gasteiger partial charge in [0.05, 0.1) is 11.6 Å². The van der Waals surface area contributed by atoms with E-state index in [1.165, 1.54) is 11.8 Å². The minimum atomic E-state index is -0.365. The molecular weight excluding hydrogens is 274 g/mol. The van der Waals surface area contributed by atoms with Crippen LogP contribution >= 0.6 is 11.8 Å². The van der Waals surface area contributed by atoms with Crippen LogP contribution in [-0.4, -0.2) is 39.3 Å². The highest BCUT2D eigenvalue weighted by Gasteiger charge is 2.16. The summed E-state index contributed by atoms with van der Waals surface area (Å²) in [5.74, 6) is -0.197. The molecule has 2 N–H and O–H groups in total. The lowest BCUT2D eigenvalue weighted by molar-refractivity contribution is 0.0939. The number of nitrogens with zero attached hydrogens (tertiary/aromatic N) is 2. The van der Waals surface area contributed by atoms with Crippen molar-refractivity contribution >= 4 is 23.2 Å². The zero-order valence-electron chi connectivity index (χ0n) is 11.7. The summed E-state index contributed by atoms with van der Waals surface area (Å²) in [6.07, 6.45) is 4.71. The summed E-state index contributed by atoms with van der Waals surface area (Å²) in [6.45, 7) is 2.37. The predicted octanol–water partition coefficient (Wildman–Crippen LogP) is 1.95. The van der Waals surface area contributed by atoms with Crippen LogP contribution in [0.2, 0.25) is 0 Å². The molecule has 108 valence electrons. The van der Waals surface area contributed by atoms with Gasteiger partial charge in [0, 0.05) is 12.7 Å². The Labute approximate surface area is 122 Å². The van der Waals surface area contributed by atoms with E-state index in [1.807, 2.05) is 42.0 Å². The first-order chi connectivity index (χ1) is 9.67. The molecule has 2 rings (SSSR count). The van der Waals surface area contributed by atoms with Crippen LogP contribution in [0.25, 0.3) is 5.52 Å². The van der Waals surface area contributed by atoms with Crippen LogP contribution in [0.5, 0.6) is 0 Å². The van der Waals surface area contributed by atoms with Gasteiger partial charge in [-0.1, -0.05) is 24.8 Å². The van der Waals surface area contributed by atoms with E-state index >= 15 is 0 Å². The molecule has 0 aromatic carbocycles. The highest BCUT2D eigenvalue weighted by atomic mass is 32.2. The smallest absolute Gasteiger partial charge is 0.272 e. The van der Waals surface area contributed by atoms with Gasteiger partial charge in [0.1, 0.15) is 0 Å². The Morgan fingerprint density at radius 2 is 2.35 bits per heavy atom. The minimum absolute atomic E-state index is 0.197. The minimum Gasteiger partial charge on any atom is -0.393 e. The third-order valence-corrected chi connectivity index (χ3v) is 3.80. The molecule has 1 atom stereocenters. The lowest BCUT2D eigenvalue weighted by Gasteiger charge is -2.07. The number of carbonyl (C=O) groups is 1. The van der Waals surface area contributed by atoms with E-state index in [2.05, 4.69) is 10.3 Å². The molecule has 2 aromatic rings. The maximum absolute atomic E-state index is 12.2. The molecule has 2 aromatic heterocycles. The van der Waals surface area contributed by atoms with Crippen LogP contribution in [0.3, 0.4) is 0 Å². The van der Waals surface area contributed by atoms with E-state index in [4.69, 9.17) is 0 Å². The summed E-state index contributed by atoms with van der Waals surface area (Å²) < 4.78 is 1.90. The van der Waals surface area contributed by atoms with E-state index in [9.17, 15) is 9.90 Å². The summed E-state index contributed by atoms with van der Waals surface area (Å²) in [7, 11) is 0. The molecule has 0 bridgehead atoms. The number of imidazole rings is 1. The summed E-state index contributed by atoms with van der Waals surface area (Å²) in [5, 5.41) is 13.1. The molecule has 0 spiro atoms. The van der Waals surface area contributed by atoms with Crippen molar-refractivity contribution in [3.63, 3.8) is 0 Å². The topological polar surface area (TPSA) is 66.6 Å². The maximum atomic E-state index is 12.2. The van der Waals surface area contributed by atoms with Crippen LogP contribution < -0.4 is 5.32 Å². The van der Waals surface area contributed by atoms with Gasteiger partial charge in [-0.15, -0.1) is 0 Å². The van der Waals surface area contributed by atoms with Crippen LogP contribution in [-0.2, 0) is 0 Å². The van der Waals surface area contributed by atoms with Gasteiger partial charge in [0.25, 0.3) is 5.91 Å². The van der Waals surface area contributed by atoms with Gasteiger partial charge in [-0.05, 0) is 31.2 Å².